The van der Waals surface area contributed by atoms with Crippen molar-refractivity contribution in [2.45, 2.75) is 25.3 Å². The SMILES string of the molecule is COc1ccc(C(CC(=O)O)C(C)N)c(OC)c1. The molecule has 1 aromatic rings. The highest BCUT2D eigenvalue weighted by Crippen LogP contribution is 2.33. The zero-order valence-corrected chi connectivity index (χ0v) is 10.8. The van der Waals surface area contributed by atoms with E-state index in [4.69, 9.17) is 20.3 Å². The van der Waals surface area contributed by atoms with Crippen molar-refractivity contribution in [3.05, 3.63) is 23.8 Å². The summed E-state index contributed by atoms with van der Waals surface area (Å²) in [6, 6.07) is 5.03. The minimum atomic E-state index is -0.879. The summed E-state index contributed by atoms with van der Waals surface area (Å²) in [5.41, 5.74) is 6.65. The molecule has 0 saturated carbocycles. The van der Waals surface area contributed by atoms with E-state index >= 15 is 0 Å². The normalized spacial score (nSPS) is 13.8. The summed E-state index contributed by atoms with van der Waals surface area (Å²) in [5.74, 6) is 0.0887. The molecule has 0 spiro atoms. The highest BCUT2D eigenvalue weighted by molar-refractivity contribution is 5.68. The van der Waals surface area contributed by atoms with E-state index in [1.54, 1.807) is 32.2 Å². The van der Waals surface area contributed by atoms with Gasteiger partial charge in [0.1, 0.15) is 11.5 Å². The van der Waals surface area contributed by atoms with Gasteiger partial charge in [0.2, 0.25) is 0 Å². The quantitative estimate of drug-likeness (QED) is 0.805. The van der Waals surface area contributed by atoms with Crippen LogP contribution in [0.15, 0.2) is 18.2 Å². The second-order valence-corrected chi connectivity index (χ2v) is 4.17. The lowest BCUT2D eigenvalue weighted by Gasteiger charge is -2.22. The van der Waals surface area contributed by atoms with Gasteiger partial charge in [0.25, 0.3) is 0 Å². The summed E-state index contributed by atoms with van der Waals surface area (Å²) < 4.78 is 10.4. The van der Waals surface area contributed by atoms with Crippen molar-refractivity contribution in [3.8, 4) is 11.5 Å². The fourth-order valence-electron chi connectivity index (χ4n) is 1.89. The lowest BCUT2D eigenvalue weighted by Crippen LogP contribution is -2.27. The topological polar surface area (TPSA) is 81.8 Å². The number of benzene rings is 1. The van der Waals surface area contributed by atoms with E-state index in [1.165, 1.54) is 7.11 Å². The summed E-state index contributed by atoms with van der Waals surface area (Å²) in [4.78, 5) is 10.9. The molecule has 100 valence electrons. The number of hydrogen-bond donors (Lipinski definition) is 2. The van der Waals surface area contributed by atoms with E-state index in [1.807, 2.05) is 0 Å². The Morgan fingerprint density at radius 3 is 2.50 bits per heavy atom. The van der Waals surface area contributed by atoms with Gasteiger partial charge in [-0.2, -0.15) is 0 Å². The molecule has 0 fully saturated rings. The van der Waals surface area contributed by atoms with Gasteiger partial charge in [-0.05, 0) is 18.6 Å². The van der Waals surface area contributed by atoms with Crippen molar-refractivity contribution in [1.29, 1.82) is 0 Å². The lowest BCUT2D eigenvalue weighted by atomic mass is 9.89. The number of aliphatic carboxylic acids is 1. The van der Waals surface area contributed by atoms with Crippen molar-refractivity contribution in [2.24, 2.45) is 5.73 Å². The van der Waals surface area contributed by atoms with E-state index in [9.17, 15) is 4.79 Å². The Labute approximate surface area is 107 Å². The monoisotopic (exact) mass is 253 g/mol. The zero-order valence-electron chi connectivity index (χ0n) is 10.8. The molecule has 1 aromatic carbocycles. The largest absolute Gasteiger partial charge is 0.497 e. The van der Waals surface area contributed by atoms with Gasteiger partial charge < -0.3 is 20.3 Å². The standard InChI is InChI=1S/C13H19NO4/c1-8(14)11(7-13(15)16)10-5-4-9(17-2)6-12(10)18-3/h4-6,8,11H,7,14H2,1-3H3,(H,15,16). The summed E-state index contributed by atoms with van der Waals surface area (Å²) in [6.45, 7) is 1.79. The maximum Gasteiger partial charge on any atom is 0.304 e. The smallest absolute Gasteiger partial charge is 0.304 e. The second-order valence-electron chi connectivity index (χ2n) is 4.17. The first kappa shape index (κ1) is 14.3. The maximum atomic E-state index is 10.9. The highest BCUT2D eigenvalue weighted by Gasteiger charge is 2.23. The third-order valence-corrected chi connectivity index (χ3v) is 2.87. The first-order valence-corrected chi connectivity index (χ1v) is 5.69. The maximum absolute atomic E-state index is 10.9. The Hall–Kier alpha value is -1.75. The predicted octanol–water partition coefficient (Wildman–Crippen LogP) is 1.61. The van der Waals surface area contributed by atoms with Gasteiger partial charge in [-0.15, -0.1) is 0 Å². The van der Waals surface area contributed by atoms with Gasteiger partial charge in [-0.1, -0.05) is 6.07 Å². The molecule has 0 aliphatic rings. The molecular formula is C13H19NO4. The zero-order chi connectivity index (χ0) is 13.7. The van der Waals surface area contributed by atoms with Crippen molar-refractivity contribution >= 4 is 5.97 Å². The molecule has 0 aliphatic heterocycles. The van der Waals surface area contributed by atoms with Crippen LogP contribution in [0.4, 0.5) is 0 Å². The number of ether oxygens (including phenoxy) is 2. The number of carbonyl (C=O) groups is 1. The number of carboxylic acid groups (broad SMARTS) is 1. The van der Waals surface area contributed by atoms with E-state index in [0.717, 1.165) is 5.56 Å². The van der Waals surface area contributed by atoms with Gasteiger partial charge >= 0.3 is 5.97 Å². The minimum Gasteiger partial charge on any atom is -0.497 e. The summed E-state index contributed by atoms with van der Waals surface area (Å²) in [5, 5.41) is 8.94. The average molecular weight is 253 g/mol. The third-order valence-electron chi connectivity index (χ3n) is 2.87. The van der Waals surface area contributed by atoms with Gasteiger partial charge in [0.05, 0.1) is 20.6 Å². The first-order valence-electron chi connectivity index (χ1n) is 5.69. The van der Waals surface area contributed by atoms with Gasteiger partial charge in [-0.25, -0.2) is 0 Å². The lowest BCUT2D eigenvalue weighted by molar-refractivity contribution is -0.137. The molecule has 2 atom stereocenters. The molecule has 0 saturated heterocycles. The van der Waals surface area contributed by atoms with Crippen LogP contribution < -0.4 is 15.2 Å². The van der Waals surface area contributed by atoms with Crippen LogP contribution in [0.5, 0.6) is 11.5 Å². The molecular weight excluding hydrogens is 234 g/mol. The van der Waals surface area contributed by atoms with Gasteiger partial charge in [0.15, 0.2) is 0 Å². The van der Waals surface area contributed by atoms with Crippen LogP contribution >= 0.6 is 0 Å². The molecule has 5 heteroatoms. The van der Waals surface area contributed by atoms with Gasteiger partial charge in [-0.3, -0.25) is 4.79 Å². The molecule has 3 N–H and O–H groups in total. The van der Waals surface area contributed by atoms with Crippen LogP contribution in [-0.2, 0) is 4.79 Å². The van der Waals surface area contributed by atoms with Crippen LogP contribution in [0, 0.1) is 0 Å². The predicted molar refractivity (Wildman–Crippen MR) is 68.2 cm³/mol. The summed E-state index contributed by atoms with van der Waals surface area (Å²) >= 11 is 0. The van der Waals surface area contributed by atoms with Crippen molar-refractivity contribution in [3.63, 3.8) is 0 Å². The molecule has 0 aliphatic carbocycles. The molecule has 0 radical (unpaired) electrons. The van der Waals surface area contributed by atoms with Crippen molar-refractivity contribution in [1.82, 2.24) is 0 Å². The first-order chi connectivity index (χ1) is 8.49. The molecule has 5 nitrogen and oxygen atoms in total. The third kappa shape index (κ3) is 3.37. The van der Waals surface area contributed by atoms with Crippen molar-refractivity contribution in [2.75, 3.05) is 14.2 Å². The van der Waals surface area contributed by atoms with Crippen LogP contribution in [0.2, 0.25) is 0 Å². The molecule has 0 heterocycles. The Morgan fingerprint density at radius 2 is 2.06 bits per heavy atom. The van der Waals surface area contributed by atoms with Gasteiger partial charge in [0, 0.05) is 18.0 Å². The Morgan fingerprint density at radius 1 is 1.39 bits per heavy atom. The van der Waals surface area contributed by atoms with E-state index in [0.29, 0.717) is 11.5 Å². The number of carboxylic acids is 1. The van der Waals surface area contributed by atoms with Crippen LogP contribution in [0.3, 0.4) is 0 Å². The molecule has 0 amide bonds. The number of methoxy groups -OCH3 is 2. The van der Waals surface area contributed by atoms with Crippen LogP contribution in [-0.4, -0.2) is 31.3 Å². The summed E-state index contributed by atoms with van der Waals surface area (Å²) in [6.07, 6.45) is -0.0274. The van der Waals surface area contributed by atoms with Crippen molar-refractivity contribution < 1.29 is 19.4 Å². The molecule has 0 bridgehead atoms. The number of rotatable bonds is 6. The molecule has 1 rings (SSSR count). The van der Waals surface area contributed by atoms with E-state index in [2.05, 4.69) is 0 Å². The highest BCUT2D eigenvalue weighted by atomic mass is 16.5. The Balaban J connectivity index is 3.14. The van der Waals surface area contributed by atoms with Crippen LogP contribution in [0.1, 0.15) is 24.8 Å². The summed E-state index contributed by atoms with van der Waals surface area (Å²) in [7, 11) is 3.10. The molecule has 0 aromatic heterocycles. The average Bonchev–Trinajstić information content (AvgIpc) is 2.34. The fraction of sp³-hybridized carbons (Fsp3) is 0.462. The number of hydrogen-bond acceptors (Lipinski definition) is 4. The number of nitrogens with two attached hydrogens (primary N) is 1. The second kappa shape index (κ2) is 6.26. The van der Waals surface area contributed by atoms with Crippen LogP contribution in [0.25, 0.3) is 0 Å². The Kier molecular flexibility index (Phi) is 4.97. The molecule has 18 heavy (non-hydrogen) atoms. The van der Waals surface area contributed by atoms with E-state index < -0.39 is 5.97 Å². The Bertz CT molecular complexity index is 417. The fourth-order valence-corrected chi connectivity index (χ4v) is 1.89. The molecule has 2 unspecified atom stereocenters. The minimum absolute atomic E-state index is 0.0274. The van der Waals surface area contributed by atoms with E-state index in [-0.39, 0.29) is 18.4 Å².